The van der Waals surface area contributed by atoms with Crippen LogP contribution in [0.5, 0.6) is 0 Å². The van der Waals surface area contributed by atoms with Crippen LogP contribution in [0.25, 0.3) is 0 Å². The zero-order valence-corrected chi connectivity index (χ0v) is 10.7. The Hall–Kier alpha value is -1.98. The molecule has 0 unspecified atom stereocenters. The van der Waals surface area contributed by atoms with Crippen LogP contribution < -0.4 is 11.1 Å². The summed E-state index contributed by atoms with van der Waals surface area (Å²) in [5.41, 5.74) is 5.14. The first-order valence-corrected chi connectivity index (χ1v) is 5.92. The summed E-state index contributed by atoms with van der Waals surface area (Å²) in [6.07, 6.45) is 0.645. The molecule has 4 nitrogen and oxygen atoms in total. The number of nitrogens with one attached hydrogen (secondary N) is 1. The first-order valence-electron chi connectivity index (χ1n) is 5.92. The molecular weight excluding hydrogens is 254 g/mol. The fourth-order valence-corrected chi connectivity index (χ4v) is 1.59. The Kier molecular flexibility index (Phi) is 4.97. The second-order valence-electron chi connectivity index (χ2n) is 4.37. The molecule has 0 radical (unpaired) electrons. The lowest BCUT2D eigenvalue weighted by atomic mass is 9.98. The highest BCUT2D eigenvalue weighted by molar-refractivity contribution is 5.97. The van der Waals surface area contributed by atoms with E-state index < -0.39 is 29.5 Å². The van der Waals surface area contributed by atoms with Crippen molar-refractivity contribution in [3.8, 4) is 0 Å². The second-order valence-corrected chi connectivity index (χ2v) is 4.37. The van der Waals surface area contributed by atoms with Gasteiger partial charge < -0.3 is 11.1 Å². The molecule has 2 atom stereocenters. The van der Waals surface area contributed by atoms with E-state index in [-0.39, 0.29) is 11.5 Å². The van der Waals surface area contributed by atoms with Crippen molar-refractivity contribution >= 4 is 11.8 Å². The molecule has 0 saturated carbocycles. The topological polar surface area (TPSA) is 72.2 Å². The maximum absolute atomic E-state index is 13.0. The van der Waals surface area contributed by atoms with Crippen molar-refractivity contribution in [3.05, 3.63) is 35.4 Å². The predicted molar refractivity (Wildman–Crippen MR) is 66.3 cm³/mol. The average molecular weight is 270 g/mol. The number of halogens is 2. The quantitative estimate of drug-likeness (QED) is 0.853. The minimum Gasteiger partial charge on any atom is -0.368 e. The van der Waals surface area contributed by atoms with Crippen LogP contribution in [0.1, 0.15) is 30.6 Å². The molecule has 1 aromatic rings. The zero-order valence-electron chi connectivity index (χ0n) is 10.7. The lowest BCUT2D eigenvalue weighted by Gasteiger charge is -2.21. The molecule has 0 spiro atoms. The van der Waals surface area contributed by atoms with Crippen molar-refractivity contribution in [2.45, 2.75) is 26.3 Å². The molecule has 3 N–H and O–H groups in total. The number of carbonyl (C=O) groups excluding carboxylic acids is 2. The first kappa shape index (κ1) is 15.1. The van der Waals surface area contributed by atoms with Crippen molar-refractivity contribution in [2.75, 3.05) is 0 Å². The summed E-state index contributed by atoms with van der Waals surface area (Å²) >= 11 is 0. The molecule has 6 heteroatoms. The number of amides is 2. The van der Waals surface area contributed by atoms with Crippen LogP contribution in [0, 0.1) is 17.6 Å². The summed E-state index contributed by atoms with van der Waals surface area (Å²) in [4.78, 5) is 23.1. The van der Waals surface area contributed by atoms with Crippen LogP contribution >= 0.6 is 0 Å². The van der Waals surface area contributed by atoms with Gasteiger partial charge in [0, 0.05) is 5.56 Å². The molecule has 0 aliphatic carbocycles. The molecule has 0 aliphatic heterocycles. The van der Waals surface area contributed by atoms with Gasteiger partial charge in [-0.2, -0.15) is 0 Å². The number of nitrogens with two attached hydrogens (primary N) is 1. The number of hydrogen-bond donors (Lipinski definition) is 2. The van der Waals surface area contributed by atoms with Crippen LogP contribution in [-0.4, -0.2) is 17.9 Å². The summed E-state index contributed by atoms with van der Waals surface area (Å²) < 4.78 is 25.8. The van der Waals surface area contributed by atoms with Gasteiger partial charge in [0.1, 0.15) is 6.04 Å². The summed E-state index contributed by atoms with van der Waals surface area (Å²) in [5, 5.41) is 2.43. The van der Waals surface area contributed by atoms with Crippen molar-refractivity contribution < 1.29 is 18.4 Å². The van der Waals surface area contributed by atoms with Gasteiger partial charge in [-0.05, 0) is 24.1 Å². The van der Waals surface area contributed by atoms with Gasteiger partial charge in [-0.25, -0.2) is 8.78 Å². The molecular formula is C13H16F2N2O2. The molecule has 19 heavy (non-hydrogen) atoms. The Balaban J connectivity index is 2.87. The molecule has 0 heterocycles. The fourth-order valence-electron chi connectivity index (χ4n) is 1.59. The van der Waals surface area contributed by atoms with Crippen LogP contribution in [0.3, 0.4) is 0 Å². The second kappa shape index (κ2) is 6.26. The third-order valence-corrected chi connectivity index (χ3v) is 2.99. The van der Waals surface area contributed by atoms with Gasteiger partial charge in [-0.15, -0.1) is 0 Å². The van der Waals surface area contributed by atoms with E-state index in [0.717, 1.165) is 18.2 Å². The van der Waals surface area contributed by atoms with Crippen molar-refractivity contribution in [1.29, 1.82) is 0 Å². The number of rotatable bonds is 5. The molecule has 1 rings (SSSR count). The summed E-state index contributed by atoms with van der Waals surface area (Å²) in [6.45, 7) is 3.62. The Morgan fingerprint density at radius 1 is 1.32 bits per heavy atom. The van der Waals surface area contributed by atoms with E-state index in [2.05, 4.69) is 5.32 Å². The van der Waals surface area contributed by atoms with E-state index >= 15 is 0 Å². The van der Waals surface area contributed by atoms with Gasteiger partial charge in [0.2, 0.25) is 5.91 Å². The highest BCUT2D eigenvalue weighted by Crippen LogP contribution is 2.11. The first-order chi connectivity index (χ1) is 8.86. The minimum atomic E-state index is -1.12. The monoisotopic (exact) mass is 270 g/mol. The fraction of sp³-hybridized carbons (Fsp3) is 0.385. The van der Waals surface area contributed by atoms with E-state index in [1.807, 2.05) is 6.92 Å². The Morgan fingerprint density at radius 2 is 1.95 bits per heavy atom. The van der Waals surface area contributed by atoms with Crippen LogP contribution in [0.4, 0.5) is 8.78 Å². The third-order valence-electron chi connectivity index (χ3n) is 2.99. The smallest absolute Gasteiger partial charge is 0.252 e. The van der Waals surface area contributed by atoms with E-state index in [0.29, 0.717) is 6.42 Å². The number of primary amides is 1. The van der Waals surface area contributed by atoms with Crippen molar-refractivity contribution in [3.63, 3.8) is 0 Å². The van der Waals surface area contributed by atoms with Gasteiger partial charge in [-0.3, -0.25) is 9.59 Å². The lowest BCUT2D eigenvalue weighted by Crippen LogP contribution is -2.48. The molecule has 1 aromatic carbocycles. The maximum Gasteiger partial charge on any atom is 0.252 e. The molecule has 0 saturated heterocycles. The van der Waals surface area contributed by atoms with Gasteiger partial charge in [-0.1, -0.05) is 20.3 Å². The minimum absolute atomic E-state index is 0.0616. The molecule has 2 amide bonds. The molecule has 104 valence electrons. The zero-order chi connectivity index (χ0) is 14.6. The normalized spacial score (nSPS) is 13.7. The predicted octanol–water partition coefficient (Wildman–Crippen LogP) is 1.59. The van der Waals surface area contributed by atoms with Crippen LogP contribution in [0.15, 0.2) is 18.2 Å². The molecule has 0 bridgehead atoms. The maximum atomic E-state index is 13.0. The summed E-state index contributed by atoms with van der Waals surface area (Å²) in [7, 11) is 0. The van der Waals surface area contributed by atoms with Gasteiger partial charge >= 0.3 is 0 Å². The Bertz CT molecular complexity index is 492. The number of hydrogen-bond acceptors (Lipinski definition) is 2. The Morgan fingerprint density at radius 3 is 2.42 bits per heavy atom. The SMILES string of the molecule is CC[C@H](C)[C@H](NC(=O)c1ccc(F)c(F)c1)C(N)=O. The largest absolute Gasteiger partial charge is 0.368 e. The molecule has 0 aromatic heterocycles. The highest BCUT2D eigenvalue weighted by Gasteiger charge is 2.24. The lowest BCUT2D eigenvalue weighted by molar-refractivity contribution is -0.120. The summed E-state index contributed by atoms with van der Waals surface area (Å²) in [5.74, 6) is -3.63. The summed E-state index contributed by atoms with van der Waals surface area (Å²) in [6, 6.07) is 1.93. The van der Waals surface area contributed by atoms with E-state index in [4.69, 9.17) is 5.73 Å². The number of benzene rings is 1. The Labute approximate surface area is 110 Å². The van der Waals surface area contributed by atoms with Crippen LogP contribution in [-0.2, 0) is 4.79 Å². The highest BCUT2D eigenvalue weighted by atomic mass is 19.2. The van der Waals surface area contributed by atoms with Crippen molar-refractivity contribution in [2.24, 2.45) is 11.7 Å². The average Bonchev–Trinajstić information content (AvgIpc) is 2.37. The molecule has 0 fully saturated rings. The van der Waals surface area contributed by atoms with E-state index in [1.165, 1.54) is 0 Å². The van der Waals surface area contributed by atoms with Crippen molar-refractivity contribution in [1.82, 2.24) is 5.32 Å². The molecule has 0 aliphatic rings. The third kappa shape index (κ3) is 3.74. The van der Waals surface area contributed by atoms with E-state index in [9.17, 15) is 18.4 Å². The van der Waals surface area contributed by atoms with Crippen LogP contribution in [0.2, 0.25) is 0 Å². The van der Waals surface area contributed by atoms with Gasteiger partial charge in [0.15, 0.2) is 11.6 Å². The van der Waals surface area contributed by atoms with E-state index in [1.54, 1.807) is 6.92 Å². The number of carbonyl (C=O) groups is 2. The van der Waals surface area contributed by atoms with Gasteiger partial charge in [0.05, 0.1) is 0 Å². The van der Waals surface area contributed by atoms with Gasteiger partial charge in [0.25, 0.3) is 5.91 Å². The standard InChI is InChI=1S/C13H16F2N2O2/c1-3-7(2)11(12(16)18)17-13(19)8-4-5-9(14)10(15)6-8/h4-7,11H,3H2,1-2H3,(H2,16,18)(H,17,19)/t7-,11-/m0/s1.